The number of rotatable bonds is 9. The van der Waals surface area contributed by atoms with E-state index in [0.717, 1.165) is 18.9 Å². The van der Waals surface area contributed by atoms with E-state index in [-0.39, 0.29) is 11.7 Å². The Morgan fingerprint density at radius 3 is 2.33 bits per heavy atom. The summed E-state index contributed by atoms with van der Waals surface area (Å²) in [6.45, 7) is 6.99. The van der Waals surface area contributed by atoms with Crippen molar-refractivity contribution in [1.29, 1.82) is 0 Å². The molecule has 0 heterocycles. The maximum atomic E-state index is 14.1. The molecular formula is C16H24F3NO. The molecule has 2 atom stereocenters. The van der Waals surface area contributed by atoms with Gasteiger partial charge in [-0.3, -0.25) is 0 Å². The Morgan fingerprint density at radius 1 is 1.05 bits per heavy atom. The maximum absolute atomic E-state index is 14.1. The Morgan fingerprint density at radius 2 is 1.76 bits per heavy atom. The number of nitrogens with one attached hydrogen (secondary N) is 1. The van der Waals surface area contributed by atoms with Crippen molar-refractivity contribution in [2.45, 2.75) is 52.2 Å². The summed E-state index contributed by atoms with van der Waals surface area (Å²) in [5, 5.41) is 3.19. The molecule has 1 N–H and O–H groups in total. The number of hydrogen-bond donors (Lipinski definition) is 1. The van der Waals surface area contributed by atoms with Crippen LogP contribution in [0.2, 0.25) is 0 Å². The monoisotopic (exact) mass is 303 g/mol. The number of hydrogen-bond acceptors (Lipinski definition) is 2. The lowest BCUT2D eigenvalue weighted by Gasteiger charge is -2.28. The predicted molar refractivity (Wildman–Crippen MR) is 77.7 cm³/mol. The Kier molecular flexibility index (Phi) is 7.75. The molecule has 0 saturated heterocycles. The van der Waals surface area contributed by atoms with E-state index in [9.17, 15) is 13.2 Å². The summed E-state index contributed by atoms with van der Waals surface area (Å²) in [6.07, 6.45) is 2.16. The fourth-order valence-electron chi connectivity index (χ4n) is 2.37. The van der Waals surface area contributed by atoms with Crippen LogP contribution < -0.4 is 5.32 Å². The number of halogens is 3. The highest BCUT2D eigenvalue weighted by Gasteiger charge is 2.27. The van der Waals surface area contributed by atoms with Crippen LogP contribution in [0.5, 0.6) is 0 Å². The molecule has 0 aromatic heterocycles. The molecule has 5 heteroatoms. The number of ether oxygens (including phenoxy) is 1. The van der Waals surface area contributed by atoms with Crippen LogP contribution in [-0.4, -0.2) is 19.3 Å². The van der Waals surface area contributed by atoms with Gasteiger partial charge in [-0.25, -0.2) is 13.2 Å². The van der Waals surface area contributed by atoms with Gasteiger partial charge in [0.1, 0.15) is 0 Å². The maximum Gasteiger partial charge on any atom is 0.194 e. The van der Waals surface area contributed by atoms with Gasteiger partial charge in [0.15, 0.2) is 17.5 Å². The van der Waals surface area contributed by atoms with Gasteiger partial charge in [-0.05, 0) is 32.4 Å². The van der Waals surface area contributed by atoms with Gasteiger partial charge in [0.25, 0.3) is 0 Å². The molecule has 120 valence electrons. The van der Waals surface area contributed by atoms with Crippen molar-refractivity contribution in [1.82, 2.24) is 5.32 Å². The van der Waals surface area contributed by atoms with E-state index >= 15 is 0 Å². The van der Waals surface area contributed by atoms with E-state index in [1.54, 1.807) is 0 Å². The highest BCUT2D eigenvalue weighted by molar-refractivity contribution is 5.24. The van der Waals surface area contributed by atoms with E-state index in [1.165, 1.54) is 6.07 Å². The lowest BCUT2D eigenvalue weighted by atomic mass is 9.97. The first-order valence-corrected chi connectivity index (χ1v) is 7.55. The SMILES string of the molecule is CCCNC(c1ccc(F)c(F)c1F)C(CCC)OCC. The molecule has 0 aliphatic heterocycles. The zero-order valence-corrected chi connectivity index (χ0v) is 12.9. The zero-order valence-electron chi connectivity index (χ0n) is 12.9. The van der Waals surface area contributed by atoms with Gasteiger partial charge >= 0.3 is 0 Å². The van der Waals surface area contributed by atoms with Crippen LogP contribution in [0.25, 0.3) is 0 Å². The van der Waals surface area contributed by atoms with Crippen LogP contribution in [-0.2, 0) is 4.74 Å². The van der Waals surface area contributed by atoms with Crippen molar-refractivity contribution >= 4 is 0 Å². The predicted octanol–water partition coefficient (Wildman–Crippen LogP) is 4.35. The molecule has 2 unspecified atom stereocenters. The van der Waals surface area contributed by atoms with Gasteiger partial charge in [0.05, 0.1) is 12.1 Å². The van der Waals surface area contributed by atoms with Crippen LogP contribution in [0.1, 0.15) is 51.6 Å². The fraction of sp³-hybridized carbons (Fsp3) is 0.625. The molecule has 1 aromatic rings. The van der Waals surface area contributed by atoms with Crippen LogP contribution >= 0.6 is 0 Å². The molecule has 2 nitrogen and oxygen atoms in total. The molecular weight excluding hydrogens is 279 g/mol. The first kappa shape index (κ1) is 18.0. The van der Waals surface area contributed by atoms with Crippen LogP contribution in [0.4, 0.5) is 13.2 Å². The average molecular weight is 303 g/mol. The van der Waals surface area contributed by atoms with Crippen molar-refractivity contribution in [3.63, 3.8) is 0 Å². The van der Waals surface area contributed by atoms with Gasteiger partial charge in [0.2, 0.25) is 0 Å². The van der Waals surface area contributed by atoms with Gasteiger partial charge in [-0.2, -0.15) is 0 Å². The zero-order chi connectivity index (χ0) is 15.8. The molecule has 0 spiro atoms. The summed E-state index contributed by atoms with van der Waals surface area (Å²) in [5.41, 5.74) is 0.120. The third kappa shape index (κ3) is 4.71. The smallest absolute Gasteiger partial charge is 0.194 e. The normalized spacial score (nSPS) is 14.2. The Balaban J connectivity index is 3.13. The van der Waals surface area contributed by atoms with Crippen molar-refractivity contribution < 1.29 is 17.9 Å². The summed E-state index contributed by atoms with van der Waals surface area (Å²) in [7, 11) is 0. The Bertz CT molecular complexity index is 434. The van der Waals surface area contributed by atoms with Crippen LogP contribution in [0, 0.1) is 17.5 Å². The molecule has 0 bridgehead atoms. The minimum absolute atomic E-state index is 0.120. The molecule has 0 fully saturated rings. The van der Waals surface area contributed by atoms with Gasteiger partial charge in [0, 0.05) is 12.2 Å². The second-order valence-electron chi connectivity index (χ2n) is 4.98. The van der Waals surface area contributed by atoms with E-state index in [1.807, 2.05) is 20.8 Å². The first-order chi connectivity index (χ1) is 10.1. The largest absolute Gasteiger partial charge is 0.377 e. The second kappa shape index (κ2) is 9.05. The van der Waals surface area contributed by atoms with E-state index in [4.69, 9.17) is 4.74 Å². The minimum Gasteiger partial charge on any atom is -0.377 e. The molecule has 0 saturated carbocycles. The van der Waals surface area contributed by atoms with Crippen LogP contribution in [0.3, 0.4) is 0 Å². The quantitative estimate of drug-likeness (QED) is 0.685. The third-order valence-corrected chi connectivity index (χ3v) is 3.34. The summed E-state index contributed by atoms with van der Waals surface area (Å²) < 4.78 is 46.3. The summed E-state index contributed by atoms with van der Waals surface area (Å²) >= 11 is 0. The molecule has 1 aromatic carbocycles. The summed E-state index contributed by atoms with van der Waals surface area (Å²) in [5.74, 6) is -3.74. The van der Waals surface area contributed by atoms with Crippen LogP contribution in [0.15, 0.2) is 12.1 Å². The average Bonchev–Trinajstić information content (AvgIpc) is 2.47. The lowest BCUT2D eigenvalue weighted by molar-refractivity contribution is 0.0265. The fourth-order valence-corrected chi connectivity index (χ4v) is 2.37. The van der Waals surface area contributed by atoms with Crippen molar-refractivity contribution in [3.8, 4) is 0 Å². The van der Waals surface area contributed by atoms with Crippen molar-refractivity contribution in [2.75, 3.05) is 13.2 Å². The van der Waals surface area contributed by atoms with E-state index < -0.39 is 23.5 Å². The van der Waals surface area contributed by atoms with Gasteiger partial charge < -0.3 is 10.1 Å². The van der Waals surface area contributed by atoms with Crippen molar-refractivity contribution in [2.24, 2.45) is 0 Å². The highest BCUT2D eigenvalue weighted by Crippen LogP contribution is 2.27. The third-order valence-electron chi connectivity index (χ3n) is 3.34. The first-order valence-electron chi connectivity index (χ1n) is 7.55. The molecule has 0 aliphatic rings. The number of benzene rings is 1. The summed E-state index contributed by atoms with van der Waals surface area (Å²) in [6, 6.07) is 1.77. The Hall–Kier alpha value is -1.07. The minimum atomic E-state index is -1.43. The second-order valence-corrected chi connectivity index (χ2v) is 4.98. The topological polar surface area (TPSA) is 21.3 Å². The molecule has 21 heavy (non-hydrogen) atoms. The van der Waals surface area contributed by atoms with E-state index in [2.05, 4.69) is 5.32 Å². The molecule has 0 amide bonds. The highest BCUT2D eigenvalue weighted by atomic mass is 19.2. The Labute approximate surface area is 124 Å². The lowest BCUT2D eigenvalue weighted by Crippen LogP contribution is -2.35. The van der Waals surface area contributed by atoms with Gasteiger partial charge in [-0.15, -0.1) is 0 Å². The standard InChI is InChI=1S/C16H24F3NO/c1-4-7-13(21-6-3)16(20-10-5-2)11-8-9-12(17)15(19)14(11)18/h8-9,13,16,20H,4-7,10H2,1-3H3. The summed E-state index contributed by atoms with van der Waals surface area (Å²) in [4.78, 5) is 0. The molecule has 0 radical (unpaired) electrons. The molecule has 1 rings (SSSR count). The molecule has 0 aliphatic carbocycles. The van der Waals surface area contributed by atoms with Crippen molar-refractivity contribution in [3.05, 3.63) is 35.1 Å². The van der Waals surface area contributed by atoms with Gasteiger partial charge in [-0.1, -0.05) is 26.3 Å². The van der Waals surface area contributed by atoms with E-state index in [0.29, 0.717) is 19.6 Å².